The van der Waals surface area contributed by atoms with Gasteiger partial charge in [-0.3, -0.25) is 9.38 Å². The maximum atomic E-state index is 9.26. The maximum Gasteiger partial charge on any atom is 0.161 e. The van der Waals surface area contributed by atoms with Crippen molar-refractivity contribution in [1.29, 1.82) is 0 Å². The number of aryl methyl sites for hydroxylation is 1. The molecule has 192 valence electrons. The zero-order valence-corrected chi connectivity index (χ0v) is 20.8. The van der Waals surface area contributed by atoms with Crippen molar-refractivity contribution < 1.29 is 24.2 Å². The topological polar surface area (TPSA) is 112 Å². The van der Waals surface area contributed by atoms with Gasteiger partial charge in [-0.05, 0) is 48.7 Å². The largest absolute Gasteiger partial charge is 0.487 e. The predicted octanol–water partition coefficient (Wildman–Crippen LogP) is 4.31. The van der Waals surface area contributed by atoms with Gasteiger partial charge in [0.1, 0.15) is 24.7 Å². The zero-order chi connectivity index (χ0) is 25.6. The Hall–Kier alpha value is -4.15. The van der Waals surface area contributed by atoms with Crippen LogP contribution in [0.1, 0.15) is 17.5 Å². The Morgan fingerprint density at radius 1 is 0.973 bits per heavy atom. The van der Waals surface area contributed by atoms with Crippen LogP contribution in [0, 0.1) is 0 Å². The summed E-state index contributed by atoms with van der Waals surface area (Å²) in [6.07, 6.45) is 6.88. The molecular formula is C27H29N5O5. The normalized spacial score (nSPS) is 13.7. The van der Waals surface area contributed by atoms with Gasteiger partial charge in [-0.25, -0.2) is 4.98 Å². The van der Waals surface area contributed by atoms with E-state index in [4.69, 9.17) is 23.9 Å². The fourth-order valence-electron chi connectivity index (χ4n) is 4.37. The first-order chi connectivity index (χ1) is 18.2. The van der Waals surface area contributed by atoms with E-state index in [0.717, 1.165) is 52.4 Å². The summed E-state index contributed by atoms with van der Waals surface area (Å²) >= 11 is 0. The van der Waals surface area contributed by atoms with Crippen LogP contribution in [0.2, 0.25) is 0 Å². The average molecular weight is 504 g/mol. The standard InChI is InChI=1S/C27H29N5O5/c1-34-11-13-36-23-8-4-19(16-24(23)37-14-12-35-2)26-27(32-10-9-28-17-25(32)30-26)29-20-5-6-21-18(15-20)3-7-22(21)31-33/h4-6,8-10,15-17,29,33H,3,7,11-14H2,1-2H3. The lowest BCUT2D eigenvalue weighted by atomic mass is 10.1. The van der Waals surface area contributed by atoms with Crippen LogP contribution in [0.25, 0.3) is 16.9 Å². The summed E-state index contributed by atoms with van der Waals surface area (Å²) in [6, 6.07) is 11.8. The summed E-state index contributed by atoms with van der Waals surface area (Å²) < 4.78 is 24.1. The molecule has 0 radical (unpaired) electrons. The lowest BCUT2D eigenvalue weighted by Gasteiger charge is -2.15. The van der Waals surface area contributed by atoms with Gasteiger partial charge in [0.15, 0.2) is 17.1 Å². The molecule has 2 heterocycles. The molecule has 2 N–H and O–H groups in total. The highest BCUT2D eigenvalue weighted by atomic mass is 16.5. The minimum atomic E-state index is 0.384. The highest BCUT2D eigenvalue weighted by Gasteiger charge is 2.21. The minimum absolute atomic E-state index is 0.384. The Morgan fingerprint density at radius 3 is 2.57 bits per heavy atom. The third-order valence-corrected chi connectivity index (χ3v) is 6.17. The molecule has 0 unspecified atom stereocenters. The molecule has 0 saturated heterocycles. The van der Waals surface area contributed by atoms with Crippen LogP contribution in [0.5, 0.6) is 11.5 Å². The number of rotatable bonds is 11. The molecule has 0 spiro atoms. The fourth-order valence-corrected chi connectivity index (χ4v) is 4.37. The molecule has 5 rings (SSSR count). The molecule has 2 aromatic heterocycles. The van der Waals surface area contributed by atoms with Crippen LogP contribution in [0.15, 0.2) is 60.1 Å². The van der Waals surface area contributed by atoms with Crippen molar-refractivity contribution in [2.75, 3.05) is 46.0 Å². The van der Waals surface area contributed by atoms with E-state index in [-0.39, 0.29) is 0 Å². The first-order valence-corrected chi connectivity index (χ1v) is 12.0. The Bertz CT molecular complexity index is 1420. The van der Waals surface area contributed by atoms with E-state index in [0.29, 0.717) is 43.6 Å². The van der Waals surface area contributed by atoms with Gasteiger partial charge in [-0.15, -0.1) is 0 Å². The van der Waals surface area contributed by atoms with Gasteiger partial charge in [0.2, 0.25) is 0 Å². The molecule has 0 aliphatic heterocycles. The number of anilines is 2. The second-order valence-corrected chi connectivity index (χ2v) is 8.50. The van der Waals surface area contributed by atoms with E-state index >= 15 is 0 Å². The second kappa shape index (κ2) is 11.3. The van der Waals surface area contributed by atoms with Gasteiger partial charge in [0.25, 0.3) is 0 Å². The van der Waals surface area contributed by atoms with Gasteiger partial charge >= 0.3 is 0 Å². The quantitative estimate of drug-likeness (QED) is 0.177. The summed E-state index contributed by atoms with van der Waals surface area (Å²) in [7, 11) is 3.27. The number of nitrogens with zero attached hydrogens (tertiary/aromatic N) is 4. The number of fused-ring (bicyclic) bond motifs is 2. The van der Waals surface area contributed by atoms with Gasteiger partial charge < -0.3 is 29.5 Å². The molecule has 0 saturated carbocycles. The molecule has 0 atom stereocenters. The van der Waals surface area contributed by atoms with Crippen LogP contribution in [0.4, 0.5) is 11.5 Å². The summed E-state index contributed by atoms with van der Waals surface area (Å²) in [6.45, 7) is 1.72. The smallest absolute Gasteiger partial charge is 0.161 e. The predicted molar refractivity (Wildman–Crippen MR) is 140 cm³/mol. The molecule has 10 nitrogen and oxygen atoms in total. The number of ether oxygens (including phenoxy) is 4. The average Bonchev–Trinajstić information content (AvgIpc) is 3.50. The molecule has 1 aliphatic rings. The summed E-state index contributed by atoms with van der Waals surface area (Å²) in [5, 5.41) is 16.2. The molecule has 0 fully saturated rings. The molecule has 0 bridgehead atoms. The molecule has 4 aromatic rings. The number of oxime groups is 1. The molecule has 37 heavy (non-hydrogen) atoms. The summed E-state index contributed by atoms with van der Waals surface area (Å²) in [5.41, 5.74) is 6.06. The van der Waals surface area contributed by atoms with Crippen LogP contribution in [0.3, 0.4) is 0 Å². The monoisotopic (exact) mass is 503 g/mol. The Kier molecular flexibility index (Phi) is 7.48. The van der Waals surface area contributed by atoms with E-state index in [1.165, 1.54) is 0 Å². The number of hydrogen-bond acceptors (Lipinski definition) is 9. The highest BCUT2D eigenvalue weighted by molar-refractivity contribution is 6.04. The van der Waals surface area contributed by atoms with Crippen molar-refractivity contribution in [3.63, 3.8) is 0 Å². The van der Waals surface area contributed by atoms with Gasteiger partial charge in [0.05, 0.1) is 25.1 Å². The van der Waals surface area contributed by atoms with Crippen molar-refractivity contribution in [2.45, 2.75) is 12.8 Å². The van der Waals surface area contributed by atoms with Crippen molar-refractivity contribution >= 4 is 22.9 Å². The van der Waals surface area contributed by atoms with Crippen molar-refractivity contribution in [3.05, 3.63) is 66.1 Å². The summed E-state index contributed by atoms with van der Waals surface area (Å²) in [5.74, 6) is 2.01. The van der Waals surface area contributed by atoms with Crippen LogP contribution < -0.4 is 14.8 Å². The van der Waals surface area contributed by atoms with Crippen LogP contribution in [-0.4, -0.2) is 65.9 Å². The molecule has 1 aliphatic carbocycles. The van der Waals surface area contributed by atoms with Gasteiger partial charge in [0, 0.05) is 43.4 Å². The molecule has 2 aromatic carbocycles. The third kappa shape index (κ3) is 5.20. The Balaban J connectivity index is 1.52. The van der Waals surface area contributed by atoms with E-state index in [9.17, 15) is 5.21 Å². The maximum absolute atomic E-state index is 9.26. The SMILES string of the molecule is COCCOc1ccc(-c2nc3cnccn3c2Nc2ccc3c(c2)CCC3=NO)cc1OCCOC. The lowest BCUT2D eigenvalue weighted by molar-refractivity contribution is 0.132. The molecular weight excluding hydrogens is 474 g/mol. The highest BCUT2D eigenvalue weighted by Crippen LogP contribution is 2.37. The zero-order valence-electron chi connectivity index (χ0n) is 20.8. The van der Waals surface area contributed by atoms with E-state index in [1.54, 1.807) is 26.6 Å². The van der Waals surface area contributed by atoms with E-state index < -0.39 is 0 Å². The van der Waals surface area contributed by atoms with Crippen LogP contribution >= 0.6 is 0 Å². The van der Waals surface area contributed by atoms with Gasteiger partial charge in [-0.2, -0.15) is 0 Å². The minimum Gasteiger partial charge on any atom is -0.487 e. The first-order valence-electron chi connectivity index (χ1n) is 12.0. The lowest BCUT2D eigenvalue weighted by Crippen LogP contribution is -2.08. The third-order valence-electron chi connectivity index (χ3n) is 6.17. The Morgan fingerprint density at radius 2 is 1.78 bits per heavy atom. The number of nitrogens with one attached hydrogen (secondary N) is 1. The van der Waals surface area contributed by atoms with Crippen LogP contribution in [-0.2, 0) is 15.9 Å². The van der Waals surface area contributed by atoms with Gasteiger partial charge in [-0.1, -0.05) is 11.2 Å². The molecule has 10 heteroatoms. The second-order valence-electron chi connectivity index (χ2n) is 8.50. The summed E-state index contributed by atoms with van der Waals surface area (Å²) in [4.78, 5) is 9.10. The van der Waals surface area contributed by atoms with Crippen molar-refractivity contribution in [2.24, 2.45) is 5.16 Å². The number of methoxy groups -OCH3 is 2. The first kappa shape index (κ1) is 24.5. The van der Waals surface area contributed by atoms with E-state index in [2.05, 4.69) is 21.5 Å². The van der Waals surface area contributed by atoms with Crippen molar-refractivity contribution in [3.8, 4) is 22.8 Å². The number of aromatic nitrogens is 3. The number of hydrogen-bond donors (Lipinski definition) is 2. The number of benzene rings is 2. The number of imidazole rings is 1. The van der Waals surface area contributed by atoms with E-state index in [1.807, 2.05) is 40.9 Å². The Labute approximate surface area is 214 Å². The van der Waals surface area contributed by atoms with Crippen molar-refractivity contribution in [1.82, 2.24) is 14.4 Å². The fraction of sp³-hybridized carbons (Fsp3) is 0.296. The molecule has 0 amide bonds.